The molecule has 2 heterocycles. The molecule has 0 radical (unpaired) electrons. The zero-order valence-corrected chi connectivity index (χ0v) is 15.9. The van der Waals surface area contributed by atoms with Gasteiger partial charge in [0, 0.05) is 12.1 Å². The average molecular weight is 420 g/mol. The summed E-state index contributed by atoms with van der Waals surface area (Å²) in [4.78, 5) is 28.3. The Kier molecular flexibility index (Phi) is 5.01. The van der Waals surface area contributed by atoms with E-state index in [1.54, 1.807) is 12.1 Å². The Morgan fingerprint density at radius 2 is 1.83 bits per heavy atom. The van der Waals surface area contributed by atoms with Gasteiger partial charge in [0.05, 0.1) is 17.3 Å². The Hall–Kier alpha value is -3.27. The predicted molar refractivity (Wildman–Crippen MR) is 99.1 cm³/mol. The van der Waals surface area contributed by atoms with Gasteiger partial charge >= 0.3 is 5.97 Å². The van der Waals surface area contributed by atoms with Gasteiger partial charge in [0.2, 0.25) is 0 Å². The highest BCUT2D eigenvalue weighted by Crippen LogP contribution is 2.35. The Balaban J connectivity index is 1.90. The first-order valence-corrected chi connectivity index (χ1v) is 9.32. The van der Waals surface area contributed by atoms with Crippen LogP contribution in [0.15, 0.2) is 35.3 Å². The first-order chi connectivity index (χ1) is 14.0. The molecule has 0 saturated carbocycles. The molecule has 1 aliphatic heterocycles. The number of ether oxygens (including phenoxy) is 3. The molecule has 0 unspecified atom stereocenters. The highest BCUT2D eigenvalue weighted by molar-refractivity contribution is 7.16. The summed E-state index contributed by atoms with van der Waals surface area (Å²) in [5.74, 6) is -2.70. The third kappa shape index (κ3) is 3.58. The second-order valence-electron chi connectivity index (χ2n) is 6.02. The number of nitrogens with zero attached hydrogens (tertiary/aromatic N) is 2. The highest BCUT2D eigenvalue weighted by atomic mass is 32.1. The molecule has 0 saturated heterocycles. The number of methoxy groups -OCH3 is 1. The molecule has 0 N–H and O–H groups in total. The lowest BCUT2D eigenvalue weighted by molar-refractivity contribution is -0.141. The molecule has 0 bridgehead atoms. The van der Waals surface area contributed by atoms with Gasteiger partial charge in [0.15, 0.2) is 16.3 Å². The number of thiazole rings is 1. The fraction of sp³-hybridized carbons (Fsp3) is 0.211. The van der Waals surface area contributed by atoms with Crippen LogP contribution < -0.4 is 14.3 Å². The number of benzene rings is 2. The fourth-order valence-electron chi connectivity index (χ4n) is 2.88. The molecule has 10 heteroatoms. The lowest BCUT2D eigenvalue weighted by Gasteiger charge is -2.18. The molecule has 0 aliphatic carbocycles. The van der Waals surface area contributed by atoms with Crippen LogP contribution in [-0.2, 0) is 16.1 Å². The van der Waals surface area contributed by atoms with E-state index in [0.717, 1.165) is 29.5 Å². The summed E-state index contributed by atoms with van der Waals surface area (Å²) in [5, 5.41) is 0. The second kappa shape index (κ2) is 7.63. The van der Waals surface area contributed by atoms with E-state index in [-0.39, 0.29) is 11.3 Å². The molecule has 0 fully saturated rings. The number of carbonyl (C=O) groups is 2. The molecule has 2 aromatic carbocycles. The van der Waals surface area contributed by atoms with Gasteiger partial charge in [-0.3, -0.25) is 9.59 Å². The standard InChI is InChI=1S/C19H14F2N2O5S/c1-26-16(24)9-23-12-7-13-14(28-6-5-27-13)8-15(12)29-19(23)22-18(25)17-10(20)3-2-4-11(17)21/h2-4,7-8H,5-6,9H2,1H3. The van der Waals surface area contributed by atoms with Crippen LogP contribution in [0.1, 0.15) is 10.4 Å². The van der Waals surface area contributed by atoms with Crippen molar-refractivity contribution in [2.75, 3.05) is 20.3 Å². The summed E-state index contributed by atoms with van der Waals surface area (Å²) in [5.41, 5.74) is -0.217. The van der Waals surface area contributed by atoms with Crippen molar-refractivity contribution >= 4 is 33.4 Å². The number of carbonyl (C=O) groups excluding carboxylic acids is 2. The van der Waals surface area contributed by atoms with E-state index in [1.165, 1.54) is 11.7 Å². The molecule has 0 atom stereocenters. The Morgan fingerprint density at radius 3 is 2.48 bits per heavy atom. The van der Waals surface area contributed by atoms with E-state index in [1.807, 2.05) is 0 Å². The summed E-state index contributed by atoms with van der Waals surface area (Å²) in [6.07, 6.45) is 0. The minimum Gasteiger partial charge on any atom is -0.486 e. The SMILES string of the molecule is COC(=O)Cn1c(=NC(=O)c2c(F)cccc2F)sc2cc3c(cc21)OCCO3. The van der Waals surface area contributed by atoms with Crippen molar-refractivity contribution in [3.05, 3.63) is 52.3 Å². The summed E-state index contributed by atoms with van der Waals surface area (Å²) < 4.78 is 45.8. The topological polar surface area (TPSA) is 79.1 Å². The van der Waals surface area contributed by atoms with Crippen molar-refractivity contribution in [3.8, 4) is 11.5 Å². The van der Waals surface area contributed by atoms with Crippen molar-refractivity contribution in [2.24, 2.45) is 4.99 Å². The summed E-state index contributed by atoms with van der Waals surface area (Å²) >= 11 is 1.07. The third-order valence-corrected chi connectivity index (χ3v) is 5.28. The minimum atomic E-state index is -1.09. The maximum atomic E-state index is 13.9. The van der Waals surface area contributed by atoms with E-state index in [9.17, 15) is 18.4 Å². The van der Waals surface area contributed by atoms with Gasteiger partial charge in [-0.1, -0.05) is 17.4 Å². The molecule has 3 aromatic rings. The highest BCUT2D eigenvalue weighted by Gasteiger charge is 2.20. The Bertz CT molecular complexity index is 1180. The van der Waals surface area contributed by atoms with Gasteiger partial charge < -0.3 is 18.8 Å². The van der Waals surface area contributed by atoms with Crippen molar-refractivity contribution < 1.29 is 32.6 Å². The second-order valence-corrected chi connectivity index (χ2v) is 7.03. The van der Waals surface area contributed by atoms with Gasteiger partial charge in [-0.15, -0.1) is 0 Å². The molecule has 7 nitrogen and oxygen atoms in total. The molecule has 150 valence electrons. The maximum Gasteiger partial charge on any atom is 0.325 e. The van der Waals surface area contributed by atoms with Crippen molar-refractivity contribution in [1.29, 1.82) is 0 Å². The van der Waals surface area contributed by atoms with Gasteiger partial charge in [0.25, 0.3) is 5.91 Å². The summed E-state index contributed by atoms with van der Waals surface area (Å²) in [7, 11) is 1.23. The van der Waals surface area contributed by atoms with Crippen LogP contribution in [0.2, 0.25) is 0 Å². The number of rotatable bonds is 3. The number of esters is 1. The van der Waals surface area contributed by atoms with Crippen molar-refractivity contribution in [2.45, 2.75) is 6.54 Å². The Morgan fingerprint density at radius 1 is 1.17 bits per heavy atom. The Labute approximate surface area is 166 Å². The zero-order valence-electron chi connectivity index (χ0n) is 15.1. The molecule has 1 amide bonds. The van der Waals surface area contributed by atoms with Gasteiger partial charge in [0.1, 0.15) is 37.0 Å². The molecule has 1 aromatic heterocycles. The number of aromatic nitrogens is 1. The summed E-state index contributed by atoms with van der Waals surface area (Å²) in [6.45, 7) is 0.526. The first kappa shape index (κ1) is 19.1. The molecule has 4 rings (SSSR count). The molecular weight excluding hydrogens is 406 g/mol. The van der Waals surface area contributed by atoms with Crippen molar-refractivity contribution in [3.63, 3.8) is 0 Å². The van der Waals surface area contributed by atoms with E-state index in [0.29, 0.717) is 34.9 Å². The van der Waals surface area contributed by atoms with Crippen LogP contribution in [0.4, 0.5) is 8.78 Å². The maximum absolute atomic E-state index is 13.9. The largest absolute Gasteiger partial charge is 0.486 e. The fourth-order valence-corrected chi connectivity index (χ4v) is 3.92. The lowest BCUT2D eigenvalue weighted by Crippen LogP contribution is -2.23. The van der Waals surface area contributed by atoms with Gasteiger partial charge in [-0.2, -0.15) is 4.99 Å². The van der Waals surface area contributed by atoms with Gasteiger partial charge in [-0.05, 0) is 12.1 Å². The zero-order chi connectivity index (χ0) is 20.5. The van der Waals surface area contributed by atoms with Crippen LogP contribution >= 0.6 is 11.3 Å². The molecule has 1 aliphatic rings. The molecule has 29 heavy (non-hydrogen) atoms. The monoisotopic (exact) mass is 420 g/mol. The van der Waals surface area contributed by atoms with Crippen LogP contribution in [0.3, 0.4) is 0 Å². The predicted octanol–water partition coefficient (Wildman–Crippen LogP) is 2.67. The van der Waals surface area contributed by atoms with Crippen LogP contribution in [0.5, 0.6) is 11.5 Å². The van der Waals surface area contributed by atoms with E-state index in [4.69, 9.17) is 14.2 Å². The van der Waals surface area contributed by atoms with Crippen LogP contribution in [0, 0.1) is 11.6 Å². The van der Waals surface area contributed by atoms with E-state index >= 15 is 0 Å². The first-order valence-electron chi connectivity index (χ1n) is 8.51. The van der Waals surface area contributed by atoms with Gasteiger partial charge in [-0.25, -0.2) is 8.78 Å². The smallest absolute Gasteiger partial charge is 0.325 e. The molecular formula is C19H14F2N2O5S. The lowest BCUT2D eigenvalue weighted by atomic mass is 10.2. The number of hydrogen-bond acceptors (Lipinski definition) is 6. The van der Waals surface area contributed by atoms with Crippen LogP contribution in [0.25, 0.3) is 10.2 Å². The van der Waals surface area contributed by atoms with E-state index < -0.39 is 29.1 Å². The normalized spacial score (nSPS) is 13.6. The third-order valence-electron chi connectivity index (χ3n) is 4.24. The molecule has 0 spiro atoms. The minimum absolute atomic E-state index is 0.0837. The number of fused-ring (bicyclic) bond motifs is 2. The number of hydrogen-bond donors (Lipinski definition) is 0. The average Bonchev–Trinajstić information content (AvgIpc) is 3.01. The van der Waals surface area contributed by atoms with Crippen LogP contribution in [-0.4, -0.2) is 36.8 Å². The number of halogens is 2. The summed E-state index contributed by atoms with van der Waals surface area (Å²) in [6, 6.07) is 6.47. The number of amides is 1. The van der Waals surface area contributed by atoms with Crippen molar-refractivity contribution in [1.82, 2.24) is 4.57 Å². The van der Waals surface area contributed by atoms with E-state index in [2.05, 4.69) is 4.99 Å². The quantitative estimate of drug-likeness (QED) is 0.609.